The Morgan fingerprint density at radius 1 is 1.06 bits per heavy atom. The maximum atomic E-state index is 12.5. The van der Waals surface area contributed by atoms with Crippen LogP contribution in [0.2, 0.25) is 0 Å². The van der Waals surface area contributed by atoms with Crippen molar-refractivity contribution in [2.45, 2.75) is 32.0 Å². The lowest BCUT2D eigenvalue weighted by atomic mass is 10.1. The number of likely N-dealkylation sites (tertiary alicyclic amines) is 1. The first-order valence-electron chi connectivity index (χ1n) is 10.6. The van der Waals surface area contributed by atoms with Gasteiger partial charge in [0.1, 0.15) is 17.6 Å². The van der Waals surface area contributed by atoms with Crippen LogP contribution in [0.25, 0.3) is 0 Å². The fraction of sp³-hybridized carbons (Fsp3) is 0.435. The van der Waals surface area contributed by atoms with E-state index in [0.29, 0.717) is 17.1 Å². The molecule has 9 heteroatoms. The van der Waals surface area contributed by atoms with Gasteiger partial charge in [-0.3, -0.25) is 9.10 Å². The third-order valence-electron chi connectivity index (χ3n) is 5.47. The standard InChI is InChI=1S/C23H31N3O5S/c1-17(30-20-11-7-19(8-12-20)26(3)32(4,28)29)23(27)24-18-5-9-21(10-6-18)31-22-13-15-25(2)16-14-22/h5-12,17,22H,13-16H2,1-4H3,(H,24,27)/t17-/m1/s1. The van der Waals surface area contributed by atoms with E-state index in [1.165, 1.54) is 11.4 Å². The molecule has 1 saturated heterocycles. The molecule has 0 radical (unpaired) electrons. The molecule has 0 aromatic heterocycles. The number of amides is 1. The first kappa shape index (κ1) is 23.9. The van der Waals surface area contributed by atoms with Crippen LogP contribution >= 0.6 is 0 Å². The van der Waals surface area contributed by atoms with Crippen molar-refractivity contribution < 1.29 is 22.7 Å². The molecular formula is C23H31N3O5S. The summed E-state index contributed by atoms with van der Waals surface area (Å²) >= 11 is 0. The number of nitrogens with zero attached hydrogens (tertiary/aromatic N) is 2. The van der Waals surface area contributed by atoms with Crippen molar-refractivity contribution in [1.82, 2.24) is 4.90 Å². The summed E-state index contributed by atoms with van der Waals surface area (Å²) in [6.07, 6.45) is 2.65. The number of rotatable bonds is 8. The number of carbonyl (C=O) groups is 1. The van der Waals surface area contributed by atoms with Crippen LogP contribution in [0.5, 0.6) is 11.5 Å². The average Bonchev–Trinajstić information content (AvgIpc) is 2.76. The molecule has 32 heavy (non-hydrogen) atoms. The van der Waals surface area contributed by atoms with Crippen LogP contribution in [0.3, 0.4) is 0 Å². The van der Waals surface area contributed by atoms with Gasteiger partial charge in [0.2, 0.25) is 10.0 Å². The Morgan fingerprint density at radius 3 is 2.19 bits per heavy atom. The zero-order valence-electron chi connectivity index (χ0n) is 18.9. The van der Waals surface area contributed by atoms with Crippen LogP contribution in [0.1, 0.15) is 19.8 Å². The molecule has 2 aromatic rings. The molecule has 1 aliphatic heterocycles. The summed E-state index contributed by atoms with van der Waals surface area (Å²) in [5.41, 5.74) is 1.17. The molecule has 0 spiro atoms. The van der Waals surface area contributed by atoms with E-state index in [0.717, 1.165) is 37.9 Å². The van der Waals surface area contributed by atoms with Crippen molar-refractivity contribution in [1.29, 1.82) is 0 Å². The second-order valence-corrected chi connectivity index (χ2v) is 10.1. The Balaban J connectivity index is 1.51. The molecule has 174 valence electrons. The predicted molar refractivity (Wildman–Crippen MR) is 126 cm³/mol. The van der Waals surface area contributed by atoms with Crippen LogP contribution in [0.4, 0.5) is 11.4 Å². The lowest BCUT2D eigenvalue weighted by molar-refractivity contribution is -0.122. The summed E-state index contributed by atoms with van der Waals surface area (Å²) in [5.74, 6) is 0.979. The Kier molecular flexibility index (Phi) is 7.63. The van der Waals surface area contributed by atoms with Crippen LogP contribution in [0, 0.1) is 0 Å². The molecular weight excluding hydrogens is 430 g/mol. The third-order valence-corrected chi connectivity index (χ3v) is 6.68. The average molecular weight is 462 g/mol. The van der Waals surface area contributed by atoms with Gasteiger partial charge in [0, 0.05) is 25.8 Å². The second kappa shape index (κ2) is 10.2. The molecule has 1 heterocycles. The monoisotopic (exact) mass is 461 g/mol. The molecule has 1 amide bonds. The number of benzene rings is 2. The fourth-order valence-electron chi connectivity index (χ4n) is 3.34. The van der Waals surface area contributed by atoms with E-state index in [1.54, 1.807) is 31.2 Å². The maximum Gasteiger partial charge on any atom is 0.265 e. The van der Waals surface area contributed by atoms with Gasteiger partial charge in [-0.15, -0.1) is 0 Å². The van der Waals surface area contributed by atoms with Crippen molar-refractivity contribution in [3.63, 3.8) is 0 Å². The van der Waals surface area contributed by atoms with E-state index in [-0.39, 0.29) is 12.0 Å². The van der Waals surface area contributed by atoms with E-state index >= 15 is 0 Å². The summed E-state index contributed by atoms with van der Waals surface area (Å²) in [7, 11) is 0.258. The Hall–Kier alpha value is -2.78. The Morgan fingerprint density at radius 2 is 1.62 bits per heavy atom. The minimum Gasteiger partial charge on any atom is -0.490 e. The number of anilines is 2. The lowest BCUT2D eigenvalue weighted by Gasteiger charge is -2.29. The van der Waals surface area contributed by atoms with E-state index < -0.39 is 16.1 Å². The van der Waals surface area contributed by atoms with Gasteiger partial charge >= 0.3 is 0 Å². The largest absolute Gasteiger partial charge is 0.490 e. The Labute approximate surface area is 190 Å². The van der Waals surface area contributed by atoms with E-state index in [9.17, 15) is 13.2 Å². The number of piperidine rings is 1. The van der Waals surface area contributed by atoms with E-state index in [1.807, 2.05) is 24.3 Å². The zero-order chi connectivity index (χ0) is 23.3. The summed E-state index contributed by atoms with van der Waals surface area (Å²) in [6, 6.07) is 13.9. The number of sulfonamides is 1. The van der Waals surface area contributed by atoms with Crippen molar-refractivity contribution >= 4 is 27.3 Å². The highest BCUT2D eigenvalue weighted by molar-refractivity contribution is 7.92. The molecule has 1 fully saturated rings. The lowest BCUT2D eigenvalue weighted by Crippen LogP contribution is -2.35. The van der Waals surface area contributed by atoms with E-state index in [2.05, 4.69) is 17.3 Å². The number of hydrogen-bond acceptors (Lipinski definition) is 6. The maximum absolute atomic E-state index is 12.5. The molecule has 1 N–H and O–H groups in total. The molecule has 0 unspecified atom stereocenters. The molecule has 0 aliphatic carbocycles. The zero-order valence-corrected chi connectivity index (χ0v) is 19.8. The summed E-state index contributed by atoms with van der Waals surface area (Å²) in [5, 5.41) is 2.83. The SMILES string of the molecule is C[C@@H](Oc1ccc(N(C)S(C)(=O)=O)cc1)C(=O)Nc1ccc(OC2CCN(C)CC2)cc1. The van der Waals surface area contributed by atoms with Crippen LogP contribution in [0.15, 0.2) is 48.5 Å². The van der Waals surface area contributed by atoms with Crippen molar-refractivity contribution in [2.24, 2.45) is 0 Å². The second-order valence-electron chi connectivity index (χ2n) is 8.12. The van der Waals surface area contributed by atoms with Gasteiger partial charge in [-0.05, 0) is 75.3 Å². The summed E-state index contributed by atoms with van der Waals surface area (Å²) in [6.45, 7) is 3.73. The van der Waals surface area contributed by atoms with Gasteiger partial charge < -0.3 is 19.7 Å². The van der Waals surface area contributed by atoms with Crippen molar-refractivity contribution in [3.05, 3.63) is 48.5 Å². The highest BCUT2D eigenvalue weighted by atomic mass is 32.2. The first-order chi connectivity index (χ1) is 15.1. The number of carbonyl (C=O) groups excluding carboxylic acids is 1. The third kappa shape index (κ3) is 6.61. The van der Waals surface area contributed by atoms with Crippen LogP contribution in [-0.2, 0) is 14.8 Å². The molecule has 0 bridgehead atoms. The van der Waals surface area contributed by atoms with Crippen LogP contribution < -0.4 is 19.1 Å². The van der Waals surface area contributed by atoms with Crippen molar-refractivity contribution in [2.75, 3.05) is 43.1 Å². The van der Waals surface area contributed by atoms with E-state index in [4.69, 9.17) is 9.47 Å². The number of nitrogens with one attached hydrogen (secondary N) is 1. The van der Waals surface area contributed by atoms with Gasteiger partial charge in [-0.25, -0.2) is 8.42 Å². The van der Waals surface area contributed by atoms with Gasteiger partial charge in [-0.2, -0.15) is 0 Å². The quantitative estimate of drug-likeness (QED) is 0.650. The molecule has 3 rings (SSSR count). The highest BCUT2D eigenvalue weighted by Gasteiger charge is 2.19. The first-order valence-corrected chi connectivity index (χ1v) is 12.4. The van der Waals surface area contributed by atoms with Gasteiger partial charge in [0.15, 0.2) is 6.10 Å². The molecule has 1 aliphatic rings. The smallest absolute Gasteiger partial charge is 0.265 e. The topological polar surface area (TPSA) is 88.2 Å². The molecule has 2 aromatic carbocycles. The normalized spacial score (nSPS) is 16.2. The summed E-state index contributed by atoms with van der Waals surface area (Å²) in [4.78, 5) is 14.8. The minimum absolute atomic E-state index is 0.226. The highest BCUT2D eigenvalue weighted by Crippen LogP contribution is 2.23. The fourth-order valence-corrected chi connectivity index (χ4v) is 3.84. The molecule has 8 nitrogen and oxygen atoms in total. The van der Waals surface area contributed by atoms with Gasteiger partial charge in [0.25, 0.3) is 5.91 Å². The Bertz CT molecular complexity index is 1000. The molecule has 0 saturated carbocycles. The van der Waals surface area contributed by atoms with Crippen LogP contribution in [-0.4, -0.2) is 64.9 Å². The minimum atomic E-state index is -3.34. The van der Waals surface area contributed by atoms with Crippen molar-refractivity contribution in [3.8, 4) is 11.5 Å². The number of hydrogen-bond donors (Lipinski definition) is 1. The predicted octanol–water partition coefficient (Wildman–Crippen LogP) is 2.96. The van der Waals surface area contributed by atoms with Gasteiger partial charge in [0.05, 0.1) is 11.9 Å². The molecule has 1 atom stereocenters. The van der Waals surface area contributed by atoms with Gasteiger partial charge in [-0.1, -0.05) is 0 Å². The number of ether oxygens (including phenoxy) is 2. The summed E-state index contributed by atoms with van der Waals surface area (Å²) < 4.78 is 36.1.